The highest BCUT2D eigenvalue weighted by molar-refractivity contribution is 5.77. The van der Waals surface area contributed by atoms with Crippen LogP contribution in [0, 0.1) is 0 Å². The molecule has 1 aliphatic heterocycles. The van der Waals surface area contributed by atoms with Gasteiger partial charge in [0.25, 0.3) is 0 Å². The molecule has 0 radical (unpaired) electrons. The van der Waals surface area contributed by atoms with E-state index in [9.17, 15) is 24.0 Å². The van der Waals surface area contributed by atoms with Gasteiger partial charge in [0.2, 0.25) is 12.4 Å². The molecule has 0 unspecified atom stereocenters. The van der Waals surface area contributed by atoms with Gasteiger partial charge < -0.3 is 33.7 Å². The largest absolute Gasteiger partial charge is 0.467 e. The van der Waals surface area contributed by atoms with Gasteiger partial charge in [-0.15, -0.1) is 0 Å². The molecule has 12 nitrogen and oxygen atoms in total. The lowest BCUT2D eigenvalue weighted by molar-refractivity contribution is -0.288. The van der Waals surface area contributed by atoms with Gasteiger partial charge in [0.15, 0.2) is 18.3 Å². The second kappa shape index (κ2) is 11.8. The van der Waals surface area contributed by atoms with Crippen molar-refractivity contribution in [2.75, 3.05) is 7.11 Å². The molecule has 1 N–H and O–H groups in total. The molecule has 0 saturated carbocycles. The minimum atomic E-state index is -1.70. The summed E-state index contributed by atoms with van der Waals surface area (Å²) in [5.41, 5.74) is 0.774. The van der Waals surface area contributed by atoms with Crippen LogP contribution in [0.25, 0.3) is 0 Å². The molecule has 180 valence electrons. The average Bonchev–Trinajstić information content (AvgIpc) is 2.75. The Morgan fingerprint density at radius 1 is 0.818 bits per heavy atom. The Morgan fingerprint density at radius 2 is 1.36 bits per heavy atom. The normalized spacial score (nSPS) is 24.1. The van der Waals surface area contributed by atoms with Gasteiger partial charge in [0, 0.05) is 27.3 Å². The molecular formula is C21H25NO11. The number of carbonyl (C=O) groups excluding carboxylic acids is 5. The maximum absolute atomic E-state index is 12.4. The zero-order chi connectivity index (χ0) is 24.5. The van der Waals surface area contributed by atoms with E-state index in [0.29, 0.717) is 0 Å². The number of rotatable bonds is 7. The third-order valence-corrected chi connectivity index (χ3v) is 4.34. The summed E-state index contributed by atoms with van der Waals surface area (Å²) in [5, 5.41) is 2.49. The molecule has 0 bridgehead atoms. The lowest BCUT2D eigenvalue weighted by Gasteiger charge is -2.42. The van der Waals surface area contributed by atoms with Crippen molar-refractivity contribution in [1.29, 1.82) is 0 Å². The van der Waals surface area contributed by atoms with Crippen molar-refractivity contribution in [3.8, 4) is 0 Å². The summed E-state index contributed by atoms with van der Waals surface area (Å²) in [6, 6.07) is 8.91. The van der Waals surface area contributed by atoms with Gasteiger partial charge in [-0.25, -0.2) is 9.59 Å². The molecule has 33 heavy (non-hydrogen) atoms. The fourth-order valence-corrected chi connectivity index (χ4v) is 3.09. The van der Waals surface area contributed by atoms with Gasteiger partial charge in [0.1, 0.15) is 0 Å². The van der Waals surface area contributed by atoms with E-state index >= 15 is 0 Å². The maximum Gasteiger partial charge on any atom is 0.409 e. The molecule has 1 saturated heterocycles. The van der Waals surface area contributed by atoms with Crippen molar-refractivity contribution in [2.45, 2.75) is 58.0 Å². The second-order valence-corrected chi connectivity index (χ2v) is 6.91. The summed E-state index contributed by atoms with van der Waals surface area (Å²) in [6.45, 7) is 3.28. The molecule has 12 heteroatoms. The molecular weight excluding hydrogens is 442 g/mol. The molecule has 1 aliphatic rings. The summed E-state index contributed by atoms with van der Waals surface area (Å²) < 4.78 is 30.9. The van der Waals surface area contributed by atoms with Crippen LogP contribution >= 0.6 is 0 Å². The Bertz CT molecular complexity index is 872. The Balaban J connectivity index is 2.31. The predicted molar refractivity (Wildman–Crippen MR) is 107 cm³/mol. The number of hydrogen-bond acceptors (Lipinski definition) is 11. The SMILES string of the molecule is COC(=O)[C@H]1O[C@@H](OC(=O)NCc2ccccc2)[C@H](OC(C)=O)[C@@H](OC(C)=O)[C@@H]1OC(C)=O. The van der Waals surface area contributed by atoms with Crippen molar-refractivity contribution in [3.05, 3.63) is 35.9 Å². The molecule has 5 atom stereocenters. The lowest BCUT2D eigenvalue weighted by Crippen LogP contribution is -2.64. The van der Waals surface area contributed by atoms with Crippen LogP contribution in [0.1, 0.15) is 26.3 Å². The first kappa shape index (κ1) is 25.6. The third-order valence-electron chi connectivity index (χ3n) is 4.34. The highest BCUT2D eigenvalue weighted by Gasteiger charge is 2.56. The topological polar surface area (TPSA) is 153 Å². The zero-order valence-corrected chi connectivity index (χ0v) is 18.5. The molecule has 1 aromatic carbocycles. The van der Waals surface area contributed by atoms with Gasteiger partial charge in [-0.1, -0.05) is 30.3 Å². The van der Waals surface area contributed by atoms with Crippen molar-refractivity contribution in [3.63, 3.8) is 0 Å². The quantitative estimate of drug-likeness (QED) is 0.443. The first-order valence-corrected chi connectivity index (χ1v) is 9.85. The number of methoxy groups -OCH3 is 1. The molecule has 0 aromatic heterocycles. The van der Waals surface area contributed by atoms with Gasteiger partial charge >= 0.3 is 30.0 Å². The van der Waals surface area contributed by atoms with Crippen molar-refractivity contribution < 1.29 is 52.4 Å². The number of hydrogen-bond donors (Lipinski definition) is 1. The van der Waals surface area contributed by atoms with E-state index in [1.54, 1.807) is 24.3 Å². The van der Waals surface area contributed by atoms with E-state index in [1.165, 1.54) is 0 Å². The first-order valence-electron chi connectivity index (χ1n) is 9.85. The van der Waals surface area contributed by atoms with E-state index in [4.69, 9.17) is 23.7 Å². The summed E-state index contributed by atoms with van der Waals surface area (Å²) in [6.07, 6.45) is -8.97. The highest BCUT2D eigenvalue weighted by Crippen LogP contribution is 2.30. The van der Waals surface area contributed by atoms with Gasteiger partial charge in [0.05, 0.1) is 7.11 Å². The van der Waals surface area contributed by atoms with Crippen molar-refractivity contribution >= 4 is 30.0 Å². The monoisotopic (exact) mass is 467 g/mol. The summed E-state index contributed by atoms with van der Waals surface area (Å²) >= 11 is 0. The number of nitrogens with one attached hydrogen (secondary N) is 1. The van der Waals surface area contributed by atoms with E-state index in [1.807, 2.05) is 6.07 Å². The molecule has 1 heterocycles. The Hall–Kier alpha value is -3.67. The number of alkyl carbamates (subject to hydrolysis) is 1. The van der Waals surface area contributed by atoms with E-state index in [-0.39, 0.29) is 6.54 Å². The maximum atomic E-state index is 12.4. The molecule has 1 fully saturated rings. The van der Waals surface area contributed by atoms with Crippen LogP contribution in [-0.4, -0.2) is 67.8 Å². The molecule has 0 aliphatic carbocycles. The number of esters is 4. The second-order valence-electron chi connectivity index (χ2n) is 6.91. The van der Waals surface area contributed by atoms with E-state index < -0.39 is 60.7 Å². The van der Waals surface area contributed by atoms with Crippen LogP contribution in [0.5, 0.6) is 0 Å². The van der Waals surface area contributed by atoms with Gasteiger partial charge in [-0.3, -0.25) is 14.4 Å². The number of amides is 1. The average molecular weight is 467 g/mol. The van der Waals surface area contributed by atoms with Crippen LogP contribution in [0.15, 0.2) is 30.3 Å². The van der Waals surface area contributed by atoms with Crippen molar-refractivity contribution in [2.24, 2.45) is 0 Å². The third kappa shape index (κ3) is 7.45. The lowest BCUT2D eigenvalue weighted by atomic mass is 9.97. The van der Waals surface area contributed by atoms with Gasteiger partial charge in [-0.2, -0.15) is 0 Å². The van der Waals surface area contributed by atoms with Gasteiger partial charge in [-0.05, 0) is 5.56 Å². The number of benzene rings is 1. The van der Waals surface area contributed by atoms with Crippen molar-refractivity contribution in [1.82, 2.24) is 5.32 Å². The molecule has 2 rings (SSSR count). The molecule has 0 spiro atoms. The minimum absolute atomic E-state index is 0.106. The zero-order valence-electron chi connectivity index (χ0n) is 18.5. The van der Waals surface area contributed by atoms with Crippen LogP contribution in [0.3, 0.4) is 0 Å². The van der Waals surface area contributed by atoms with E-state index in [2.05, 4.69) is 10.1 Å². The predicted octanol–water partition coefficient (Wildman–Crippen LogP) is 0.606. The van der Waals surface area contributed by atoms with Crippen LogP contribution in [0.2, 0.25) is 0 Å². The number of ether oxygens (including phenoxy) is 6. The molecule has 1 amide bonds. The summed E-state index contributed by atoms with van der Waals surface area (Å²) in [4.78, 5) is 59.8. The standard InChI is InChI=1S/C21H25NO11/c1-11(23)29-15-16(30-12(2)24)18(31-13(3)25)20(32-17(15)19(26)28-4)33-21(27)22-10-14-8-6-5-7-9-14/h5-9,15-18,20H,10H2,1-4H3,(H,22,27)/t15-,16-,17-,18+,20-/m0/s1. The Kier molecular flexibility index (Phi) is 9.16. The highest BCUT2D eigenvalue weighted by atomic mass is 16.8. The van der Waals surface area contributed by atoms with E-state index in [0.717, 1.165) is 33.4 Å². The van der Waals surface area contributed by atoms with Crippen LogP contribution in [0.4, 0.5) is 4.79 Å². The summed E-state index contributed by atoms with van der Waals surface area (Å²) in [7, 11) is 1.05. The minimum Gasteiger partial charge on any atom is -0.467 e. The summed E-state index contributed by atoms with van der Waals surface area (Å²) in [5.74, 6) is -3.52. The van der Waals surface area contributed by atoms with Crippen LogP contribution in [-0.2, 0) is 54.1 Å². The fourth-order valence-electron chi connectivity index (χ4n) is 3.09. The first-order chi connectivity index (χ1) is 15.6. The smallest absolute Gasteiger partial charge is 0.409 e. The van der Waals surface area contributed by atoms with Crippen LogP contribution < -0.4 is 5.32 Å². The Labute approximate surface area is 189 Å². The molecule has 1 aromatic rings. The number of carbonyl (C=O) groups is 5. The Morgan fingerprint density at radius 3 is 1.91 bits per heavy atom. The fraction of sp³-hybridized carbons (Fsp3) is 0.476.